The maximum absolute atomic E-state index is 11.6. The molecule has 0 aliphatic carbocycles. The Morgan fingerprint density at radius 2 is 1.93 bits per heavy atom. The molecule has 2 heteroatoms. The summed E-state index contributed by atoms with van der Waals surface area (Å²) in [6.07, 6.45) is 5.53. The summed E-state index contributed by atoms with van der Waals surface area (Å²) in [5.74, 6) is -0.0701. The number of nitrogens with one attached hydrogen (secondary N) is 1. The van der Waals surface area contributed by atoms with E-state index in [1.807, 2.05) is 49.4 Å². The highest BCUT2D eigenvalue weighted by atomic mass is 16.1. The van der Waals surface area contributed by atoms with Crippen molar-refractivity contribution < 1.29 is 4.79 Å². The maximum atomic E-state index is 11.6. The zero-order chi connectivity index (χ0) is 11.1. The van der Waals surface area contributed by atoms with Crippen LogP contribution in [0.2, 0.25) is 0 Å². The topological polar surface area (TPSA) is 29.1 Å². The van der Waals surface area contributed by atoms with Gasteiger partial charge in [0.05, 0.1) is 0 Å². The molecule has 78 valence electrons. The van der Waals surface area contributed by atoms with Crippen molar-refractivity contribution in [1.82, 2.24) is 0 Å². The van der Waals surface area contributed by atoms with Crippen LogP contribution in [0.1, 0.15) is 13.8 Å². The summed E-state index contributed by atoms with van der Waals surface area (Å²) in [7, 11) is 0. The number of carbonyl (C=O) groups excluding carboxylic acids is 1. The molecule has 1 N–H and O–H groups in total. The summed E-state index contributed by atoms with van der Waals surface area (Å²) in [6, 6.07) is 9.42. The summed E-state index contributed by atoms with van der Waals surface area (Å²) in [4.78, 5) is 11.6. The van der Waals surface area contributed by atoms with Crippen LogP contribution >= 0.6 is 0 Å². The molecular weight excluding hydrogens is 186 g/mol. The first-order chi connectivity index (χ1) is 7.24. The van der Waals surface area contributed by atoms with Crippen LogP contribution in [0.4, 0.5) is 5.69 Å². The van der Waals surface area contributed by atoms with Crippen LogP contribution in [-0.2, 0) is 4.79 Å². The lowest BCUT2D eigenvalue weighted by Gasteiger charge is -2.03. The summed E-state index contributed by atoms with van der Waals surface area (Å²) < 4.78 is 0. The van der Waals surface area contributed by atoms with Crippen LogP contribution in [0.25, 0.3) is 0 Å². The van der Waals surface area contributed by atoms with Crippen molar-refractivity contribution in [3.05, 3.63) is 54.1 Å². The normalized spacial score (nSPS) is 11.7. The zero-order valence-electron chi connectivity index (χ0n) is 9.03. The first kappa shape index (κ1) is 11.2. The van der Waals surface area contributed by atoms with Gasteiger partial charge in [0.25, 0.3) is 5.91 Å². The van der Waals surface area contributed by atoms with Gasteiger partial charge in [0.2, 0.25) is 0 Å². The van der Waals surface area contributed by atoms with Gasteiger partial charge in [0.1, 0.15) is 0 Å². The van der Waals surface area contributed by atoms with E-state index in [2.05, 4.69) is 5.32 Å². The van der Waals surface area contributed by atoms with Crippen molar-refractivity contribution >= 4 is 11.6 Å². The van der Waals surface area contributed by atoms with Crippen LogP contribution in [0.15, 0.2) is 54.1 Å². The highest BCUT2D eigenvalue weighted by molar-refractivity contribution is 6.03. The Hall–Kier alpha value is -1.83. The van der Waals surface area contributed by atoms with Crippen molar-refractivity contribution in [3.8, 4) is 0 Å². The van der Waals surface area contributed by atoms with Gasteiger partial charge in [-0.15, -0.1) is 0 Å². The molecule has 1 amide bonds. The molecule has 0 saturated heterocycles. The Morgan fingerprint density at radius 1 is 1.27 bits per heavy atom. The fraction of sp³-hybridized carbons (Fsp3) is 0.154. The van der Waals surface area contributed by atoms with Gasteiger partial charge in [-0.25, -0.2) is 0 Å². The summed E-state index contributed by atoms with van der Waals surface area (Å²) >= 11 is 0. The highest BCUT2D eigenvalue weighted by Gasteiger charge is 2.02. The third-order valence-corrected chi connectivity index (χ3v) is 1.93. The first-order valence-electron chi connectivity index (χ1n) is 4.90. The average molecular weight is 201 g/mol. The van der Waals surface area contributed by atoms with Gasteiger partial charge in [0, 0.05) is 11.3 Å². The average Bonchev–Trinajstić information content (AvgIpc) is 2.27. The van der Waals surface area contributed by atoms with Gasteiger partial charge in [-0.2, -0.15) is 0 Å². The van der Waals surface area contributed by atoms with E-state index in [9.17, 15) is 4.79 Å². The fourth-order valence-electron chi connectivity index (χ4n) is 1.07. The monoisotopic (exact) mass is 201 g/mol. The molecule has 1 rings (SSSR count). The van der Waals surface area contributed by atoms with Crippen molar-refractivity contribution in [2.75, 3.05) is 5.32 Å². The van der Waals surface area contributed by atoms with Crippen LogP contribution in [0, 0.1) is 0 Å². The lowest BCUT2D eigenvalue weighted by Crippen LogP contribution is -2.12. The van der Waals surface area contributed by atoms with Crippen LogP contribution in [0.3, 0.4) is 0 Å². The summed E-state index contributed by atoms with van der Waals surface area (Å²) in [6.45, 7) is 3.71. The quantitative estimate of drug-likeness (QED) is 0.590. The Morgan fingerprint density at radius 3 is 2.53 bits per heavy atom. The lowest BCUT2D eigenvalue weighted by molar-refractivity contribution is -0.112. The van der Waals surface area contributed by atoms with Gasteiger partial charge >= 0.3 is 0 Å². The van der Waals surface area contributed by atoms with E-state index in [1.165, 1.54) is 0 Å². The highest BCUT2D eigenvalue weighted by Crippen LogP contribution is 2.07. The largest absolute Gasteiger partial charge is 0.322 e. The molecule has 0 atom stereocenters. The summed E-state index contributed by atoms with van der Waals surface area (Å²) in [5.41, 5.74) is 1.51. The van der Waals surface area contributed by atoms with Crippen molar-refractivity contribution in [2.24, 2.45) is 0 Å². The number of benzene rings is 1. The minimum absolute atomic E-state index is 0.0701. The molecule has 0 aliphatic heterocycles. The number of rotatable bonds is 3. The second kappa shape index (κ2) is 5.81. The van der Waals surface area contributed by atoms with E-state index in [0.29, 0.717) is 5.57 Å². The van der Waals surface area contributed by atoms with E-state index in [4.69, 9.17) is 0 Å². The summed E-state index contributed by atoms with van der Waals surface area (Å²) in [5, 5.41) is 2.81. The van der Waals surface area contributed by atoms with E-state index < -0.39 is 0 Å². The SMILES string of the molecule is C/C=C/C=C(\C)C(=O)Nc1ccccc1. The van der Waals surface area contributed by atoms with E-state index in [-0.39, 0.29) is 5.91 Å². The van der Waals surface area contributed by atoms with E-state index in [1.54, 1.807) is 13.0 Å². The molecule has 0 unspecified atom stereocenters. The molecule has 0 aliphatic rings. The molecule has 0 spiro atoms. The van der Waals surface area contributed by atoms with Crippen molar-refractivity contribution in [3.63, 3.8) is 0 Å². The smallest absolute Gasteiger partial charge is 0.251 e. The van der Waals surface area contributed by atoms with E-state index >= 15 is 0 Å². The van der Waals surface area contributed by atoms with Crippen molar-refractivity contribution in [1.29, 1.82) is 0 Å². The van der Waals surface area contributed by atoms with Crippen LogP contribution < -0.4 is 5.32 Å². The number of hydrogen-bond donors (Lipinski definition) is 1. The predicted octanol–water partition coefficient (Wildman–Crippen LogP) is 3.15. The number of anilines is 1. The van der Waals surface area contributed by atoms with Gasteiger partial charge in [-0.3, -0.25) is 4.79 Å². The number of hydrogen-bond acceptors (Lipinski definition) is 1. The fourth-order valence-corrected chi connectivity index (χ4v) is 1.07. The number of amides is 1. The van der Waals surface area contributed by atoms with Gasteiger partial charge in [-0.05, 0) is 26.0 Å². The molecule has 0 fully saturated rings. The molecule has 0 saturated carbocycles. The Kier molecular flexibility index (Phi) is 4.35. The standard InChI is InChI=1S/C13H15NO/c1-3-4-8-11(2)13(15)14-12-9-6-5-7-10-12/h3-10H,1-2H3,(H,14,15)/b4-3+,11-8+. The molecule has 1 aromatic rings. The third kappa shape index (κ3) is 3.81. The molecule has 0 aromatic heterocycles. The molecule has 0 bridgehead atoms. The minimum Gasteiger partial charge on any atom is -0.322 e. The molecule has 0 heterocycles. The maximum Gasteiger partial charge on any atom is 0.251 e. The predicted molar refractivity (Wildman–Crippen MR) is 63.6 cm³/mol. The van der Waals surface area contributed by atoms with Gasteiger partial charge in [0.15, 0.2) is 0 Å². The third-order valence-electron chi connectivity index (χ3n) is 1.93. The molecule has 15 heavy (non-hydrogen) atoms. The minimum atomic E-state index is -0.0701. The zero-order valence-corrected chi connectivity index (χ0v) is 9.03. The van der Waals surface area contributed by atoms with Gasteiger partial charge < -0.3 is 5.32 Å². The molecule has 2 nitrogen and oxygen atoms in total. The second-order valence-corrected chi connectivity index (χ2v) is 3.20. The number of para-hydroxylation sites is 1. The molecule has 1 aromatic carbocycles. The van der Waals surface area contributed by atoms with Crippen LogP contribution in [0.5, 0.6) is 0 Å². The lowest BCUT2D eigenvalue weighted by atomic mass is 10.2. The second-order valence-electron chi connectivity index (χ2n) is 3.20. The Labute approximate surface area is 90.3 Å². The van der Waals surface area contributed by atoms with E-state index in [0.717, 1.165) is 5.69 Å². The number of allylic oxidation sites excluding steroid dienone is 3. The number of carbonyl (C=O) groups is 1. The molecule has 0 radical (unpaired) electrons. The molecular formula is C13H15NO. The Bertz CT molecular complexity index is 377. The Balaban J connectivity index is 2.64. The van der Waals surface area contributed by atoms with Crippen LogP contribution in [-0.4, -0.2) is 5.91 Å². The van der Waals surface area contributed by atoms with Gasteiger partial charge in [-0.1, -0.05) is 36.4 Å². The van der Waals surface area contributed by atoms with Crippen molar-refractivity contribution in [2.45, 2.75) is 13.8 Å². The first-order valence-corrected chi connectivity index (χ1v) is 4.90.